The molecule has 1 amide bonds. The van der Waals surface area contributed by atoms with Gasteiger partial charge in [-0.3, -0.25) is 9.48 Å². The van der Waals surface area contributed by atoms with Crippen LogP contribution in [0.1, 0.15) is 39.4 Å². The Morgan fingerprint density at radius 2 is 1.90 bits per heavy atom. The number of imidazole rings is 1. The van der Waals surface area contributed by atoms with Gasteiger partial charge in [-0.2, -0.15) is 9.40 Å². The smallest absolute Gasteiger partial charge is 0.243 e. The Morgan fingerprint density at radius 3 is 2.52 bits per heavy atom. The molecule has 3 aromatic rings. The van der Waals surface area contributed by atoms with Crippen LogP contribution in [-0.2, 0) is 34.8 Å². The molecule has 0 aliphatic heterocycles. The van der Waals surface area contributed by atoms with E-state index in [1.807, 2.05) is 19.9 Å². The number of anilines is 1. The van der Waals surface area contributed by atoms with Crippen molar-refractivity contribution in [2.75, 3.05) is 18.4 Å². The fraction of sp³-hybridized carbons (Fsp3) is 0.476. The van der Waals surface area contributed by atoms with E-state index in [0.717, 1.165) is 24.3 Å². The number of carbonyl (C=O) groups is 1. The largest absolute Gasteiger partial charge is 0.328 e. The van der Waals surface area contributed by atoms with Crippen molar-refractivity contribution in [3.8, 4) is 0 Å². The number of aryl methyl sites for hydroxylation is 3. The zero-order valence-electron chi connectivity index (χ0n) is 18.5. The summed E-state index contributed by atoms with van der Waals surface area (Å²) in [6.45, 7) is 7.29. The van der Waals surface area contributed by atoms with E-state index in [-0.39, 0.29) is 17.2 Å². The number of nitrogens with zero attached hydrogens (tertiary/aromatic N) is 5. The molecule has 9 nitrogen and oxygen atoms in total. The van der Waals surface area contributed by atoms with E-state index in [9.17, 15) is 13.2 Å². The maximum absolute atomic E-state index is 12.9. The van der Waals surface area contributed by atoms with Crippen molar-refractivity contribution >= 4 is 32.8 Å². The zero-order valence-corrected chi connectivity index (χ0v) is 19.3. The first-order valence-electron chi connectivity index (χ1n) is 10.6. The van der Waals surface area contributed by atoms with Gasteiger partial charge in [-0.05, 0) is 24.6 Å². The molecule has 1 aromatic carbocycles. The molecule has 0 unspecified atom stereocenters. The van der Waals surface area contributed by atoms with Crippen LogP contribution in [0.4, 0.5) is 5.82 Å². The van der Waals surface area contributed by atoms with Gasteiger partial charge in [-0.25, -0.2) is 13.4 Å². The number of nitrogens with one attached hydrogen (secondary N) is 1. The maximum Gasteiger partial charge on any atom is 0.243 e. The maximum atomic E-state index is 12.9. The van der Waals surface area contributed by atoms with Crippen molar-refractivity contribution in [1.29, 1.82) is 0 Å². The molecule has 0 atom stereocenters. The van der Waals surface area contributed by atoms with Crippen molar-refractivity contribution in [3.05, 3.63) is 36.3 Å². The number of hydrogen-bond donors (Lipinski definition) is 1. The highest BCUT2D eigenvalue weighted by Gasteiger charge is 2.23. The van der Waals surface area contributed by atoms with Gasteiger partial charge in [-0.15, -0.1) is 0 Å². The molecule has 0 spiro atoms. The van der Waals surface area contributed by atoms with Gasteiger partial charge in [-0.1, -0.05) is 20.8 Å². The minimum atomic E-state index is -3.56. The number of aromatic nitrogens is 4. The van der Waals surface area contributed by atoms with Crippen molar-refractivity contribution in [2.45, 2.75) is 51.5 Å². The van der Waals surface area contributed by atoms with Crippen LogP contribution in [0.3, 0.4) is 0 Å². The summed E-state index contributed by atoms with van der Waals surface area (Å²) >= 11 is 0. The summed E-state index contributed by atoms with van der Waals surface area (Å²) in [5.41, 5.74) is 1.50. The van der Waals surface area contributed by atoms with E-state index < -0.39 is 10.0 Å². The van der Waals surface area contributed by atoms with Gasteiger partial charge in [0, 0.05) is 51.8 Å². The lowest BCUT2D eigenvalue weighted by atomic mass is 10.2. The lowest BCUT2D eigenvalue weighted by Crippen LogP contribution is -2.30. The molecule has 2 heterocycles. The van der Waals surface area contributed by atoms with Crippen molar-refractivity contribution in [2.24, 2.45) is 7.05 Å². The first kappa shape index (κ1) is 23.0. The predicted octanol–water partition coefficient (Wildman–Crippen LogP) is 2.78. The Morgan fingerprint density at radius 1 is 1.16 bits per heavy atom. The molecule has 0 saturated carbocycles. The molecule has 3 rings (SSSR count). The van der Waals surface area contributed by atoms with E-state index in [0.29, 0.717) is 30.8 Å². The monoisotopic (exact) mass is 446 g/mol. The minimum absolute atomic E-state index is 0.140. The highest BCUT2D eigenvalue weighted by Crippen LogP contribution is 2.24. The van der Waals surface area contributed by atoms with Crippen LogP contribution < -0.4 is 5.32 Å². The van der Waals surface area contributed by atoms with E-state index in [1.165, 1.54) is 4.31 Å². The minimum Gasteiger partial charge on any atom is -0.328 e. The topological polar surface area (TPSA) is 102 Å². The van der Waals surface area contributed by atoms with Crippen molar-refractivity contribution in [3.63, 3.8) is 0 Å². The molecule has 1 N–H and O–H groups in total. The third kappa shape index (κ3) is 4.96. The summed E-state index contributed by atoms with van der Waals surface area (Å²) in [5, 5.41) is 6.93. The molecule has 0 saturated heterocycles. The summed E-state index contributed by atoms with van der Waals surface area (Å²) in [4.78, 5) is 17.2. The van der Waals surface area contributed by atoms with Gasteiger partial charge in [0.2, 0.25) is 15.9 Å². The first-order valence-corrected chi connectivity index (χ1v) is 12.0. The van der Waals surface area contributed by atoms with Crippen LogP contribution in [0.2, 0.25) is 0 Å². The number of sulfonamides is 1. The van der Waals surface area contributed by atoms with Crippen LogP contribution in [0.15, 0.2) is 35.4 Å². The predicted molar refractivity (Wildman–Crippen MR) is 120 cm³/mol. The molecule has 0 aliphatic carbocycles. The fourth-order valence-corrected chi connectivity index (χ4v) is 5.09. The normalized spacial score (nSPS) is 12.0. The zero-order chi connectivity index (χ0) is 22.6. The number of amides is 1. The number of benzene rings is 1. The van der Waals surface area contributed by atoms with Gasteiger partial charge in [0.25, 0.3) is 0 Å². The van der Waals surface area contributed by atoms with E-state index in [2.05, 4.69) is 26.9 Å². The molecule has 31 heavy (non-hydrogen) atoms. The highest BCUT2D eigenvalue weighted by atomic mass is 32.2. The molecule has 0 fully saturated rings. The van der Waals surface area contributed by atoms with Crippen molar-refractivity contribution < 1.29 is 13.2 Å². The van der Waals surface area contributed by atoms with Gasteiger partial charge in [0.15, 0.2) is 5.82 Å². The Balaban J connectivity index is 1.85. The quantitative estimate of drug-likeness (QED) is 0.516. The molecular weight excluding hydrogens is 416 g/mol. The molecule has 0 radical (unpaired) electrons. The van der Waals surface area contributed by atoms with Gasteiger partial charge in [0.1, 0.15) is 5.82 Å². The molecule has 0 bridgehead atoms. The van der Waals surface area contributed by atoms with Crippen LogP contribution in [0.5, 0.6) is 0 Å². The third-order valence-electron chi connectivity index (χ3n) is 5.15. The Labute approximate surface area is 183 Å². The summed E-state index contributed by atoms with van der Waals surface area (Å²) in [7, 11) is -1.77. The van der Waals surface area contributed by atoms with Gasteiger partial charge < -0.3 is 9.88 Å². The van der Waals surface area contributed by atoms with E-state index >= 15 is 0 Å². The second-order valence-corrected chi connectivity index (χ2v) is 9.28. The fourth-order valence-electron chi connectivity index (χ4n) is 3.61. The molecule has 0 aliphatic rings. The van der Waals surface area contributed by atoms with Gasteiger partial charge >= 0.3 is 0 Å². The van der Waals surface area contributed by atoms with Gasteiger partial charge in [0.05, 0.1) is 15.9 Å². The lowest BCUT2D eigenvalue weighted by molar-refractivity contribution is -0.116. The van der Waals surface area contributed by atoms with Crippen LogP contribution >= 0.6 is 0 Å². The lowest BCUT2D eigenvalue weighted by Gasteiger charge is -2.18. The molecule has 168 valence electrons. The van der Waals surface area contributed by atoms with E-state index in [1.54, 1.807) is 36.1 Å². The molecular formula is C21H30N6O3S. The number of fused-ring (bicyclic) bond motifs is 1. The molecule has 10 heteroatoms. The summed E-state index contributed by atoms with van der Waals surface area (Å²) in [6.07, 6.45) is 3.37. The summed E-state index contributed by atoms with van der Waals surface area (Å²) in [5.74, 6) is 1.14. The summed E-state index contributed by atoms with van der Waals surface area (Å²) in [6, 6.07) is 6.82. The van der Waals surface area contributed by atoms with E-state index in [4.69, 9.17) is 0 Å². The third-order valence-corrected chi connectivity index (χ3v) is 7.19. The first-order chi connectivity index (χ1) is 14.8. The number of carbonyl (C=O) groups excluding carboxylic acids is 1. The average molecular weight is 447 g/mol. The average Bonchev–Trinajstić information content (AvgIpc) is 3.30. The Bertz CT molecular complexity index is 1160. The number of hydrogen-bond acceptors (Lipinski definition) is 5. The summed E-state index contributed by atoms with van der Waals surface area (Å²) < 4.78 is 30.9. The highest BCUT2D eigenvalue weighted by molar-refractivity contribution is 7.89. The standard InChI is InChI=1S/C21H30N6O3S/c1-5-13-27-18-9-8-16(31(29,30)26(6-2)7-3)15-17(18)22-20(27)10-11-21(28)23-19-12-14-25(4)24-19/h8-9,12,14-15H,5-7,10-11,13H2,1-4H3,(H,23,24,28). The van der Waals surface area contributed by atoms with Crippen LogP contribution in [0.25, 0.3) is 11.0 Å². The number of rotatable bonds is 10. The SMILES string of the molecule is CCCn1c(CCC(=O)Nc2ccn(C)n2)nc2cc(S(=O)(=O)N(CC)CC)ccc21. The van der Waals surface area contributed by atoms with Crippen molar-refractivity contribution in [1.82, 2.24) is 23.6 Å². The molecule has 2 aromatic heterocycles. The Hall–Kier alpha value is -2.72. The van der Waals surface area contributed by atoms with Crippen LogP contribution in [0, 0.1) is 0 Å². The Kier molecular flexibility index (Phi) is 7.11. The second kappa shape index (κ2) is 9.61. The second-order valence-electron chi connectivity index (χ2n) is 7.34. The van der Waals surface area contributed by atoms with Crippen LogP contribution in [-0.4, -0.2) is 51.1 Å².